The van der Waals surface area contributed by atoms with Crippen molar-refractivity contribution in [1.29, 1.82) is 0 Å². The summed E-state index contributed by atoms with van der Waals surface area (Å²) < 4.78 is 3.10. The Balaban J connectivity index is 2.12. The van der Waals surface area contributed by atoms with Crippen LogP contribution >= 0.6 is 22.6 Å². The fraction of sp³-hybridized carbons (Fsp3) is 0.308. The molecule has 0 aliphatic carbocycles. The van der Waals surface area contributed by atoms with Crippen LogP contribution in [0.2, 0.25) is 0 Å². The van der Waals surface area contributed by atoms with Crippen LogP contribution in [0, 0.1) is 17.4 Å². The number of hydrogen-bond donors (Lipinski definition) is 1. The van der Waals surface area contributed by atoms with Gasteiger partial charge in [-0.05, 0) is 54.1 Å². The molecule has 4 heteroatoms. The molecule has 0 atom stereocenters. The van der Waals surface area contributed by atoms with Gasteiger partial charge in [0.05, 0.1) is 5.69 Å². The predicted octanol–water partition coefficient (Wildman–Crippen LogP) is 3.25. The fourth-order valence-corrected chi connectivity index (χ4v) is 2.29. The van der Waals surface area contributed by atoms with Gasteiger partial charge in [0.1, 0.15) is 0 Å². The standard InChI is InChI=1S/C13H16IN3/c1-9-4-5-12(14)6-13(9)15-7-11-8-17(3)16-10(11)2/h4-6,8,15H,7H2,1-3H3. The van der Waals surface area contributed by atoms with Crippen molar-refractivity contribution in [1.82, 2.24) is 9.78 Å². The Bertz CT molecular complexity index is 531. The zero-order chi connectivity index (χ0) is 12.4. The van der Waals surface area contributed by atoms with Crippen molar-refractivity contribution in [2.24, 2.45) is 7.05 Å². The van der Waals surface area contributed by atoms with Crippen LogP contribution in [0.25, 0.3) is 0 Å². The lowest BCUT2D eigenvalue weighted by atomic mass is 10.2. The van der Waals surface area contributed by atoms with Crippen molar-refractivity contribution in [3.8, 4) is 0 Å². The maximum absolute atomic E-state index is 4.34. The molecule has 0 aliphatic rings. The third kappa shape index (κ3) is 3.00. The second-order valence-corrected chi connectivity index (χ2v) is 5.47. The van der Waals surface area contributed by atoms with Gasteiger partial charge in [-0.3, -0.25) is 4.68 Å². The summed E-state index contributed by atoms with van der Waals surface area (Å²) in [5.41, 5.74) is 4.79. The van der Waals surface area contributed by atoms with Crippen molar-refractivity contribution < 1.29 is 0 Å². The molecule has 0 bridgehead atoms. The number of nitrogens with one attached hydrogen (secondary N) is 1. The van der Waals surface area contributed by atoms with E-state index < -0.39 is 0 Å². The average molecular weight is 341 g/mol. The number of hydrogen-bond acceptors (Lipinski definition) is 2. The summed E-state index contributed by atoms with van der Waals surface area (Å²) in [6, 6.07) is 6.43. The van der Waals surface area contributed by atoms with Gasteiger partial charge in [-0.2, -0.15) is 5.10 Å². The van der Waals surface area contributed by atoms with E-state index in [-0.39, 0.29) is 0 Å². The molecule has 0 amide bonds. The molecule has 0 fully saturated rings. The number of anilines is 1. The van der Waals surface area contributed by atoms with Gasteiger partial charge in [0.2, 0.25) is 0 Å². The molecule has 0 saturated carbocycles. The van der Waals surface area contributed by atoms with Crippen LogP contribution < -0.4 is 5.32 Å². The van der Waals surface area contributed by atoms with E-state index in [2.05, 4.69) is 64.3 Å². The number of benzene rings is 1. The first-order chi connectivity index (χ1) is 8.06. The van der Waals surface area contributed by atoms with E-state index in [9.17, 15) is 0 Å². The molecule has 0 saturated heterocycles. The highest BCUT2D eigenvalue weighted by Gasteiger charge is 2.04. The zero-order valence-electron chi connectivity index (χ0n) is 10.3. The minimum absolute atomic E-state index is 0.820. The van der Waals surface area contributed by atoms with Crippen molar-refractivity contribution >= 4 is 28.3 Å². The van der Waals surface area contributed by atoms with E-state index in [0.29, 0.717) is 0 Å². The van der Waals surface area contributed by atoms with E-state index in [1.54, 1.807) is 0 Å². The van der Waals surface area contributed by atoms with E-state index >= 15 is 0 Å². The molecule has 0 unspecified atom stereocenters. The van der Waals surface area contributed by atoms with Crippen molar-refractivity contribution in [2.45, 2.75) is 20.4 Å². The fourth-order valence-electron chi connectivity index (χ4n) is 1.80. The highest BCUT2D eigenvalue weighted by molar-refractivity contribution is 14.1. The maximum atomic E-state index is 4.34. The largest absolute Gasteiger partial charge is 0.381 e. The van der Waals surface area contributed by atoms with Crippen LogP contribution in [0.3, 0.4) is 0 Å². The summed E-state index contributed by atoms with van der Waals surface area (Å²) >= 11 is 2.33. The summed E-state index contributed by atoms with van der Waals surface area (Å²) in [5.74, 6) is 0. The van der Waals surface area contributed by atoms with Crippen LogP contribution in [0.5, 0.6) is 0 Å². The van der Waals surface area contributed by atoms with Crippen molar-refractivity contribution in [2.75, 3.05) is 5.32 Å². The van der Waals surface area contributed by atoms with E-state index in [0.717, 1.165) is 12.2 Å². The lowest BCUT2D eigenvalue weighted by molar-refractivity contribution is 0.756. The van der Waals surface area contributed by atoms with Crippen molar-refractivity contribution in [3.05, 3.63) is 44.8 Å². The second-order valence-electron chi connectivity index (χ2n) is 4.23. The molecule has 0 radical (unpaired) electrons. The minimum Gasteiger partial charge on any atom is -0.381 e. The summed E-state index contributed by atoms with van der Waals surface area (Å²) in [7, 11) is 1.95. The number of rotatable bonds is 3. The molecule has 1 aromatic carbocycles. The first-order valence-corrected chi connectivity index (χ1v) is 6.63. The number of aryl methyl sites for hydroxylation is 3. The molecular weight excluding hydrogens is 325 g/mol. The molecule has 1 aromatic heterocycles. The first kappa shape index (κ1) is 12.4. The summed E-state index contributed by atoms with van der Waals surface area (Å²) in [4.78, 5) is 0. The van der Waals surface area contributed by atoms with Crippen LogP contribution in [-0.4, -0.2) is 9.78 Å². The van der Waals surface area contributed by atoms with Crippen LogP contribution in [0.1, 0.15) is 16.8 Å². The normalized spacial score (nSPS) is 10.6. The third-order valence-corrected chi connectivity index (χ3v) is 3.46. The van der Waals surface area contributed by atoms with Gasteiger partial charge in [-0.15, -0.1) is 0 Å². The number of halogens is 1. The molecular formula is C13H16IN3. The Morgan fingerprint density at radius 2 is 2.12 bits per heavy atom. The van der Waals surface area contributed by atoms with Gasteiger partial charge < -0.3 is 5.32 Å². The molecule has 90 valence electrons. The molecule has 0 aliphatic heterocycles. The van der Waals surface area contributed by atoms with Crippen molar-refractivity contribution in [3.63, 3.8) is 0 Å². The predicted molar refractivity (Wildman–Crippen MR) is 79.2 cm³/mol. The lowest BCUT2D eigenvalue weighted by Crippen LogP contribution is -2.01. The smallest absolute Gasteiger partial charge is 0.0643 e. The van der Waals surface area contributed by atoms with Crippen LogP contribution in [-0.2, 0) is 13.6 Å². The molecule has 1 heterocycles. The molecule has 17 heavy (non-hydrogen) atoms. The Morgan fingerprint density at radius 3 is 2.76 bits per heavy atom. The highest BCUT2D eigenvalue weighted by Crippen LogP contribution is 2.19. The molecule has 1 N–H and O–H groups in total. The van der Waals surface area contributed by atoms with Gasteiger partial charge in [0.25, 0.3) is 0 Å². The molecule has 3 nitrogen and oxygen atoms in total. The molecule has 2 rings (SSSR count). The van der Waals surface area contributed by atoms with Gasteiger partial charge in [0, 0.05) is 34.6 Å². The van der Waals surface area contributed by atoms with Gasteiger partial charge >= 0.3 is 0 Å². The highest BCUT2D eigenvalue weighted by atomic mass is 127. The quantitative estimate of drug-likeness (QED) is 0.869. The Kier molecular flexibility index (Phi) is 3.71. The topological polar surface area (TPSA) is 29.9 Å². The van der Waals surface area contributed by atoms with E-state index in [4.69, 9.17) is 0 Å². The summed E-state index contributed by atoms with van der Waals surface area (Å²) in [6.45, 7) is 4.98. The molecule has 0 spiro atoms. The van der Waals surface area contributed by atoms with Gasteiger partial charge in [0.15, 0.2) is 0 Å². The summed E-state index contributed by atoms with van der Waals surface area (Å²) in [6.07, 6.45) is 2.06. The monoisotopic (exact) mass is 341 g/mol. The zero-order valence-corrected chi connectivity index (χ0v) is 12.4. The van der Waals surface area contributed by atoms with Gasteiger partial charge in [-0.25, -0.2) is 0 Å². The van der Waals surface area contributed by atoms with E-state index in [1.807, 2.05) is 18.7 Å². The first-order valence-electron chi connectivity index (χ1n) is 5.55. The average Bonchev–Trinajstić information content (AvgIpc) is 2.59. The maximum Gasteiger partial charge on any atom is 0.0643 e. The number of aromatic nitrogens is 2. The summed E-state index contributed by atoms with van der Waals surface area (Å²) in [5, 5.41) is 7.80. The van der Waals surface area contributed by atoms with E-state index in [1.165, 1.54) is 20.4 Å². The van der Waals surface area contributed by atoms with Gasteiger partial charge in [-0.1, -0.05) is 6.07 Å². The minimum atomic E-state index is 0.820. The third-order valence-electron chi connectivity index (χ3n) is 2.78. The Labute approximate surface area is 115 Å². The Morgan fingerprint density at radius 1 is 1.35 bits per heavy atom. The number of nitrogens with zero attached hydrogens (tertiary/aromatic N) is 2. The van der Waals surface area contributed by atoms with Crippen LogP contribution in [0.4, 0.5) is 5.69 Å². The molecule has 2 aromatic rings. The second kappa shape index (κ2) is 5.08. The lowest BCUT2D eigenvalue weighted by Gasteiger charge is -2.09. The Hall–Kier alpha value is -1.04. The SMILES string of the molecule is Cc1ccc(I)cc1NCc1cn(C)nc1C. The van der Waals surface area contributed by atoms with Crippen LogP contribution in [0.15, 0.2) is 24.4 Å².